The maximum Gasteiger partial charge on any atom is 0.272 e. The molecule has 0 spiro atoms. The molecule has 0 aromatic heterocycles. The Morgan fingerprint density at radius 2 is 2.10 bits per heavy atom. The van der Waals surface area contributed by atoms with E-state index in [1.807, 2.05) is 13.0 Å². The smallest absolute Gasteiger partial charge is 0.272 e. The number of aryl methyl sites for hydroxylation is 1. The molecular formula is C15H11FN2O3. The standard InChI is InChI=1S/C15H11FN2O3/c1-10-2-3-11(8-17)6-15(10)21-9-12-4-5-13(18(19)20)7-14(12)16/h2-7H,9H2,1H3. The molecule has 2 rings (SSSR count). The van der Waals surface area contributed by atoms with Crippen LogP contribution in [0.4, 0.5) is 10.1 Å². The van der Waals surface area contributed by atoms with Crippen LogP contribution < -0.4 is 4.74 Å². The maximum atomic E-state index is 13.7. The summed E-state index contributed by atoms with van der Waals surface area (Å²) in [6.45, 7) is 1.74. The van der Waals surface area contributed by atoms with E-state index in [4.69, 9.17) is 10.00 Å². The first-order valence-corrected chi connectivity index (χ1v) is 6.07. The van der Waals surface area contributed by atoms with Crippen LogP contribution in [0.1, 0.15) is 16.7 Å². The predicted molar refractivity (Wildman–Crippen MR) is 73.3 cm³/mol. The zero-order valence-electron chi connectivity index (χ0n) is 11.2. The molecule has 6 heteroatoms. The number of hydrogen-bond acceptors (Lipinski definition) is 4. The topological polar surface area (TPSA) is 76.2 Å². The molecule has 2 aromatic carbocycles. The number of nitrogens with zero attached hydrogens (tertiary/aromatic N) is 2. The Balaban J connectivity index is 2.17. The van der Waals surface area contributed by atoms with Crippen LogP contribution in [0.5, 0.6) is 5.75 Å². The highest BCUT2D eigenvalue weighted by Gasteiger charge is 2.11. The number of halogens is 1. The quantitative estimate of drug-likeness (QED) is 0.636. The lowest BCUT2D eigenvalue weighted by Crippen LogP contribution is -2.01. The van der Waals surface area contributed by atoms with E-state index >= 15 is 0 Å². The molecule has 0 saturated carbocycles. The molecule has 5 nitrogen and oxygen atoms in total. The van der Waals surface area contributed by atoms with E-state index < -0.39 is 10.7 Å². The summed E-state index contributed by atoms with van der Waals surface area (Å²) in [5, 5.41) is 19.4. The number of benzene rings is 2. The highest BCUT2D eigenvalue weighted by molar-refractivity contribution is 5.42. The SMILES string of the molecule is Cc1ccc(C#N)cc1OCc1ccc([N+](=O)[O-])cc1F. The third kappa shape index (κ3) is 3.34. The van der Waals surface area contributed by atoms with Gasteiger partial charge >= 0.3 is 0 Å². The molecule has 106 valence electrons. The minimum Gasteiger partial charge on any atom is -0.488 e. The number of nitro benzene ring substituents is 1. The van der Waals surface area contributed by atoms with Crippen molar-refractivity contribution in [3.63, 3.8) is 0 Å². The molecule has 0 N–H and O–H groups in total. The van der Waals surface area contributed by atoms with Gasteiger partial charge < -0.3 is 4.74 Å². The van der Waals surface area contributed by atoms with Gasteiger partial charge in [-0.15, -0.1) is 0 Å². The van der Waals surface area contributed by atoms with Crippen molar-refractivity contribution in [3.05, 3.63) is 69.0 Å². The molecule has 0 bridgehead atoms. The van der Waals surface area contributed by atoms with E-state index in [9.17, 15) is 14.5 Å². The molecule has 0 amide bonds. The second-order valence-corrected chi connectivity index (χ2v) is 4.41. The highest BCUT2D eigenvalue weighted by atomic mass is 19.1. The summed E-state index contributed by atoms with van der Waals surface area (Å²) in [5.41, 5.74) is 1.16. The summed E-state index contributed by atoms with van der Waals surface area (Å²) in [5.74, 6) is -0.218. The number of ether oxygens (including phenoxy) is 1. The zero-order chi connectivity index (χ0) is 15.4. The molecule has 0 heterocycles. The normalized spacial score (nSPS) is 9.95. The van der Waals surface area contributed by atoms with Gasteiger partial charge in [-0.25, -0.2) is 4.39 Å². The first-order valence-electron chi connectivity index (χ1n) is 6.07. The maximum absolute atomic E-state index is 13.7. The molecule has 0 aliphatic carbocycles. The fourth-order valence-electron chi connectivity index (χ4n) is 1.75. The van der Waals surface area contributed by atoms with Crippen LogP contribution in [0.15, 0.2) is 36.4 Å². The molecule has 21 heavy (non-hydrogen) atoms. The lowest BCUT2D eigenvalue weighted by atomic mass is 10.1. The molecule has 0 atom stereocenters. The van der Waals surface area contributed by atoms with Gasteiger partial charge in [0.2, 0.25) is 0 Å². The zero-order valence-corrected chi connectivity index (χ0v) is 11.2. The van der Waals surface area contributed by atoms with Crippen LogP contribution >= 0.6 is 0 Å². The molecule has 0 unspecified atom stereocenters. The van der Waals surface area contributed by atoms with Gasteiger partial charge in [0, 0.05) is 11.6 Å². The van der Waals surface area contributed by atoms with Crippen LogP contribution in [-0.2, 0) is 6.61 Å². The third-order valence-electron chi connectivity index (χ3n) is 2.95. The van der Waals surface area contributed by atoms with E-state index in [1.165, 1.54) is 12.1 Å². The summed E-state index contributed by atoms with van der Waals surface area (Å²) in [6, 6.07) is 10.4. The van der Waals surface area contributed by atoms with Crippen LogP contribution in [0.25, 0.3) is 0 Å². The van der Waals surface area contributed by atoms with Crippen molar-refractivity contribution >= 4 is 5.69 Å². The first kappa shape index (κ1) is 14.5. The Morgan fingerprint density at radius 1 is 1.33 bits per heavy atom. The lowest BCUT2D eigenvalue weighted by Gasteiger charge is -2.10. The van der Waals surface area contributed by atoms with E-state index in [0.717, 1.165) is 11.6 Å². The van der Waals surface area contributed by atoms with Gasteiger partial charge in [0.1, 0.15) is 18.2 Å². The average molecular weight is 286 g/mol. The van der Waals surface area contributed by atoms with Gasteiger partial charge in [-0.3, -0.25) is 10.1 Å². The van der Waals surface area contributed by atoms with E-state index in [2.05, 4.69) is 0 Å². The molecule has 2 aromatic rings. The Hall–Kier alpha value is -2.94. The van der Waals surface area contributed by atoms with Crippen molar-refractivity contribution < 1.29 is 14.1 Å². The van der Waals surface area contributed by atoms with Crippen molar-refractivity contribution in [2.75, 3.05) is 0 Å². The van der Waals surface area contributed by atoms with Gasteiger partial charge in [0.15, 0.2) is 0 Å². The van der Waals surface area contributed by atoms with Gasteiger partial charge in [-0.1, -0.05) is 6.07 Å². The minimum atomic E-state index is -0.696. The number of hydrogen-bond donors (Lipinski definition) is 0. The molecule has 0 fully saturated rings. The van der Waals surface area contributed by atoms with Crippen LogP contribution in [-0.4, -0.2) is 4.92 Å². The van der Waals surface area contributed by atoms with Crippen molar-refractivity contribution in [2.24, 2.45) is 0 Å². The highest BCUT2D eigenvalue weighted by Crippen LogP contribution is 2.22. The largest absolute Gasteiger partial charge is 0.488 e. The second kappa shape index (κ2) is 6.01. The van der Waals surface area contributed by atoms with Crippen molar-refractivity contribution in [1.29, 1.82) is 5.26 Å². The number of nitro groups is 1. The molecule has 0 saturated heterocycles. The van der Waals surface area contributed by atoms with Crippen LogP contribution in [0.3, 0.4) is 0 Å². The van der Waals surface area contributed by atoms with Crippen molar-refractivity contribution in [2.45, 2.75) is 13.5 Å². The summed E-state index contributed by atoms with van der Waals surface area (Å²) in [6.07, 6.45) is 0. The van der Waals surface area contributed by atoms with Crippen LogP contribution in [0.2, 0.25) is 0 Å². The van der Waals surface area contributed by atoms with E-state index in [0.29, 0.717) is 11.3 Å². The first-order chi connectivity index (χ1) is 10.0. The van der Waals surface area contributed by atoms with Gasteiger partial charge in [0.25, 0.3) is 5.69 Å². The Morgan fingerprint density at radius 3 is 2.71 bits per heavy atom. The summed E-state index contributed by atoms with van der Waals surface area (Å²) >= 11 is 0. The summed E-state index contributed by atoms with van der Waals surface area (Å²) in [4.78, 5) is 9.88. The average Bonchev–Trinajstić information content (AvgIpc) is 2.47. The Labute approximate surface area is 120 Å². The van der Waals surface area contributed by atoms with E-state index in [1.54, 1.807) is 18.2 Å². The van der Waals surface area contributed by atoms with Crippen molar-refractivity contribution in [3.8, 4) is 11.8 Å². The molecule has 0 aliphatic heterocycles. The minimum absolute atomic E-state index is 0.0699. The fraction of sp³-hybridized carbons (Fsp3) is 0.133. The molecular weight excluding hydrogens is 275 g/mol. The van der Waals surface area contributed by atoms with Crippen molar-refractivity contribution in [1.82, 2.24) is 0 Å². The van der Waals surface area contributed by atoms with Gasteiger partial charge in [0.05, 0.1) is 22.6 Å². The molecule has 0 aliphatic rings. The fourth-order valence-corrected chi connectivity index (χ4v) is 1.75. The second-order valence-electron chi connectivity index (χ2n) is 4.41. The predicted octanol–water partition coefficient (Wildman–Crippen LogP) is 3.49. The van der Waals surface area contributed by atoms with Crippen LogP contribution in [0, 0.1) is 34.2 Å². The number of non-ortho nitro benzene ring substituents is 1. The number of nitriles is 1. The number of rotatable bonds is 4. The summed E-state index contributed by atoms with van der Waals surface area (Å²) in [7, 11) is 0. The van der Waals surface area contributed by atoms with Gasteiger partial charge in [-0.05, 0) is 30.7 Å². The lowest BCUT2D eigenvalue weighted by molar-refractivity contribution is -0.385. The third-order valence-corrected chi connectivity index (χ3v) is 2.95. The summed E-state index contributed by atoms with van der Waals surface area (Å²) < 4.78 is 19.2. The Bertz CT molecular complexity index is 738. The molecule has 0 radical (unpaired) electrons. The monoisotopic (exact) mass is 286 g/mol. The Kier molecular flexibility index (Phi) is 4.14. The van der Waals surface area contributed by atoms with E-state index in [-0.39, 0.29) is 17.9 Å². The van der Waals surface area contributed by atoms with Gasteiger partial charge in [-0.2, -0.15) is 5.26 Å².